The van der Waals surface area contributed by atoms with Crippen LogP contribution in [0, 0.1) is 5.92 Å². The van der Waals surface area contributed by atoms with Gasteiger partial charge >= 0.3 is 5.97 Å². The number of aliphatic carboxylic acids is 1. The van der Waals surface area contributed by atoms with E-state index in [4.69, 9.17) is 0 Å². The quantitative estimate of drug-likeness (QED) is 0.453. The predicted octanol–water partition coefficient (Wildman–Crippen LogP) is 0.363. The minimum atomic E-state index is -1.27. The Hall–Kier alpha value is -2.95. The molecule has 29 heavy (non-hydrogen) atoms. The molecule has 1 aromatic heterocycles. The van der Waals surface area contributed by atoms with Crippen molar-refractivity contribution >= 4 is 29.5 Å². The zero-order valence-electron chi connectivity index (χ0n) is 15.8. The first-order valence-corrected chi connectivity index (χ1v) is 9.98. The Morgan fingerprint density at radius 1 is 1.34 bits per heavy atom. The molecule has 0 aliphatic carbocycles. The lowest BCUT2D eigenvalue weighted by molar-refractivity contribution is -0.155. The van der Waals surface area contributed by atoms with E-state index in [0.29, 0.717) is 5.82 Å². The van der Waals surface area contributed by atoms with Crippen LogP contribution in [-0.4, -0.2) is 64.6 Å². The summed E-state index contributed by atoms with van der Waals surface area (Å²) in [7, 11) is 0. The van der Waals surface area contributed by atoms with Crippen molar-refractivity contribution in [3.05, 3.63) is 41.7 Å². The summed E-state index contributed by atoms with van der Waals surface area (Å²) in [5.74, 6) is -3.03. The van der Waals surface area contributed by atoms with Gasteiger partial charge in [-0.05, 0) is 25.8 Å². The van der Waals surface area contributed by atoms with Gasteiger partial charge in [0, 0.05) is 4.75 Å². The van der Waals surface area contributed by atoms with Gasteiger partial charge in [0.2, 0.25) is 11.8 Å². The van der Waals surface area contributed by atoms with Crippen LogP contribution in [0.1, 0.15) is 31.3 Å². The minimum Gasteiger partial charge on any atom is -0.481 e. The average Bonchev–Trinajstić information content (AvgIpc) is 3.28. The molecule has 4 rings (SSSR count). The standard InChI is InChI=1S/C18H20N6O4S/c1-18(2)12(13-20-22-23-21-13)24-15(26)11(16(24)29-18)19-14(25)10(17(27)28)8-9-6-4-3-5-7-9/h3-7,10-12,16H,8H2,1-2H3,(H,19,25)(H,27,28)(H,20,21,22,23). The normalized spacial score (nSPS) is 25.8. The molecule has 0 saturated carbocycles. The van der Waals surface area contributed by atoms with E-state index in [9.17, 15) is 19.5 Å². The number of nitrogens with zero attached hydrogens (tertiary/aromatic N) is 4. The Kier molecular flexibility index (Phi) is 4.77. The molecule has 2 saturated heterocycles. The summed E-state index contributed by atoms with van der Waals surface area (Å²) in [5, 5.41) is 25.9. The summed E-state index contributed by atoms with van der Waals surface area (Å²) < 4.78 is -0.389. The first-order chi connectivity index (χ1) is 13.8. The summed E-state index contributed by atoms with van der Waals surface area (Å²) in [4.78, 5) is 38.8. The second-order valence-electron chi connectivity index (χ2n) is 7.60. The topological polar surface area (TPSA) is 141 Å². The van der Waals surface area contributed by atoms with Crippen LogP contribution in [0.3, 0.4) is 0 Å². The Morgan fingerprint density at radius 2 is 2.07 bits per heavy atom. The molecule has 2 aromatic rings. The number of aromatic nitrogens is 4. The van der Waals surface area contributed by atoms with E-state index in [1.165, 1.54) is 11.8 Å². The molecule has 2 aliphatic rings. The van der Waals surface area contributed by atoms with Gasteiger partial charge in [0.1, 0.15) is 23.4 Å². The SMILES string of the molecule is CC1(C)SC2C(NC(=O)C(Cc3ccccc3)C(=O)O)C(=O)N2C1c1nn[nH]n1. The Labute approximate surface area is 170 Å². The van der Waals surface area contributed by atoms with Crippen LogP contribution in [0.5, 0.6) is 0 Å². The van der Waals surface area contributed by atoms with E-state index < -0.39 is 23.8 Å². The lowest BCUT2D eigenvalue weighted by Crippen LogP contribution is -2.68. The fourth-order valence-corrected chi connectivity index (χ4v) is 5.48. The first kappa shape index (κ1) is 19.4. The minimum absolute atomic E-state index is 0.0570. The number of benzene rings is 1. The van der Waals surface area contributed by atoms with Gasteiger partial charge in [0.05, 0.1) is 0 Å². The molecule has 0 bridgehead atoms. The third-order valence-corrected chi connectivity index (χ3v) is 6.81. The van der Waals surface area contributed by atoms with Crippen molar-refractivity contribution in [2.24, 2.45) is 5.92 Å². The summed E-state index contributed by atoms with van der Waals surface area (Å²) in [6.45, 7) is 3.94. The van der Waals surface area contributed by atoms with Crippen molar-refractivity contribution in [2.45, 2.75) is 42.5 Å². The second kappa shape index (κ2) is 7.14. The van der Waals surface area contributed by atoms with Gasteiger partial charge < -0.3 is 15.3 Å². The zero-order valence-corrected chi connectivity index (χ0v) is 16.6. The molecular formula is C18H20N6O4S. The molecule has 1 aromatic carbocycles. The average molecular weight is 416 g/mol. The molecule has 4 unspecified atom stereocenters. The van der Waals surface area contributed by atoms with Gasteiger partial charge in [-0.15, -0.1) is 22.0 Å². The smallest absolute Gasteiger partial charge is 0.316 e. The Morgan fingerprint density at radius 3 is 2.69 bits per heavy atom. The molecule has 0 spiro atoms. The molecule has 0 radical (unpaired) electrons. The molecule has 152 valence electrons. The third-order valence-electron chi connectivity index (χ3n) is 5.24. The van der Waals surface area contributed by atoms with Crippen LogP contribution in [-0.2, 0) is 20.8 Å². The van der Waals surface area contributed by atoms with E-state index in [1.807, 2.05) is 19.9 Å². The molecule has 3 N–H and O–H groups in total. The number of hydrogen-bond donors (Lipinski definition) is 3. The summed E-state index contributed by atoms with van der Waals surface area (Å²) >= 11 is 1.52. The lowest BCUT2D eigenvalue weighted by Gasteiger charge is -2.44. The second-order valence-corrected chi connectivity index (χ2v) is 9.37. The van der Waals surface area contributed by atoms with Crippen molar-refractivity contribution in [1.29, 1.82) is 0 Å². The highest BCUT2D eigenvalue weighted by Gasteiger charge is 2.63. The highest BCUT2D eigenvalue weighted by atomic mass is 32.2. The van der Waals surface area contributed by atoms with Gasteiger partial charge in [-0.25, -0.2) is 0 Å². The van der Waals surface area contributed by atoms with Crippen LogP contribution >= 0.6 is 11.8 Å². The third kappa shape index (κ3) is 3.35. The largest absolute Gasteiger partial charge is 0.481 e. The van der Waals surface area contributed by atoms with Crippen molar-refractivity contribution in [1.82, 2.24) is 30.8 Å². The number of hydrogen-bond acceptors (Lipinski definition) is 7. The van der Waals surface area contributed by atoms with E-state index >= 15 is 0 Å². The molecule has 11 heteroatoms. The van der Waals surface area contributed by atoms with Crippen LogP contribution < -0.4 is 5.32 Å². The fourth-order valence-electron chi connectivity index (χ4n) is 3.85. The van der Waals surface area contributed by atoms with E-state index in [1.54, 1.807) is 29.2 Å². The number of thioether (sulfide) groups is 1. The van der Waals surface area contributed by atoms with Crippen molar-refractivity contribution < 1.29 is 19.5 Å². The number of tetrazole rings is 1. The van der Waals surface area contributed by atoms with Gasteiger partial charge in [-0.1, -0.05) is 35.5 Å². The zero-order chi connectivity index (χ0) is 20.8. The van der Waals surface area contributed by atoms with Crippen LogP contribution in [0.15, 0.2) is 30.3 Å². The number of rotatable bonds is 6. The number of carbonyl (C=O) groups is 3. The van der Waals surface area contributed by atoms with Crippen LogP contribution in [0.2, 0.25) is 0 Å². The van der Waals surface area contributed by atoms with Crippen molar-refractivity contribution in [2.75, 3.05) is 0 Å². The number of carboxylic acid groups (broad SMARTS) is 1. The number of β-lactam (4-membered cyclic amide) rings is 1. The lowest BCUT2D eigenvalue weighted by atomic mass is 9.94. The predicted molar refractivity (Wildman–Crippen MR) is 102 cm³/mol. The Bertz CT molecular complexity index is 935. The maximum Gasteiger partial charge on any atom is 0.316 e. The molecule has 2 fully saturated rings. The highest BCUT2D eigenvalue weighted by Crippen LogP contribution is 2.56. The van der Waals surface area contributed by atoms with Gasteiger partial charge in [0.25, 0.3) is 0 Å². The van der Waals surface area contributed by atoms with Crippen LogP contribution in [0.25, 0.3) is 0 Å². The van der Waals surface area contributed by atoms with E-state index in [-0.39, 0.29) is 28.5 Å². The monoisotopic (exact) mass is 416 g/mol. The molecule has 3 heterocycles. The molecule has 10 nitrogen and oxygen atoms in total. The summed E-state index contributed by atoms with van der Waals surface area (Å²) in [5.41, 5.74) is 0.741. The van der Waals surface area contributed by atoms with E-state index in [0.717, 1.165) is 5.56 Å². The summed E-state index contributed by atoms with van der Waals surface area (Å²) in [6, 6.07) is 7.77. The van der Waals surface area contributed by atoms with Crippen molar-refractivity contribution in [3.63, 3.8) is 0 Å². The molecule has 4 atom stereocenters. The number of H-pyrrole nitrogens is 1. The number of fused-ring (bicyclic) bond motifs is 1. The Balaban J connectivity index is 1.48. The molecule has 2 aliphatic heterocycles. The molecule has 2 amide bonds. The number of nitrogens with one attached hydrogen (secondary N) is 2. The first-order valence-electron chi connectivity index (χ1n) is 9.10. The van der Waals surface area contributed by atoms with E-state index in [2.05, 4.69) is 25.9 Å². The number of carboxylic acids is 1. The number of aromatic amines is 1. The van der Waals surface area contributed by atoms with Crippen molar-refractivity contribution in [3.8, 4) is 0 Å². The number of carbonyl (C=O) groups excluding carboxylic acids is 2. The highest BCUT2D eigenvalue weighted by molar-refractivity contribution is 8.01. The van der Waals surface area contributed by atoms with Gasteiger partial charge in [-0.3, -0.25) is 14.4 Å². The maximum atomic E-state index is 12.8. The maximum absolute atomic E-state index is 12.8. The number of amides is 2. The van der Waals surface area contributed by atoms with Gasteiger partial charge in [0.15, 0.2) is 5.82 Å². The molecular weight excluding hydrogens is 396 g/mol. The van der Waals surface area contributed by atoms with Crippen LogP contribution in [0.4, 0.5) is 0 Å². The van der Waals surface area contributed by atoms with Gasteiger partial charge in [-0.2, -0.15) is 5.21 Å². The fraction of sp³-hybridized carbons (Fsp3) is 0.444. The summed E-state index contributed by atoms with van der Waals surface area (Å²) in [6.07, 6.45) is 0.0570.